The molecule has 0 saturated carbocycles. The standard InChI is InChI=1S/C20H21N5O3/c1-2-15-9-3-4-12-24(15)19-18(25(26)27)20(23-13-22-19)28-16-10-5-7-14-8-6-11-21-17(14)16/h5-8,10-11,13,15H,2-4,9,12H2,1H3. The summed E-state index contributed by atoms with van der Waals surface area (Å²) >= 11 is 0. The molecule has 1 unspecified atom stereocenters. The molecule has 0 aliphatic carbocycles. The van der Waals surface area contributed by atoms with Crippen molar-refractivity contribution in [2.24, 2.45) is 0 Å². The first kappa shape index (κ1) is 18.1. The second kappa shape index (κ2) is 7.75. The van der Waals surface area contributed by atoms with E-state index in [2.05, 4.69) is 21.9 Å². The molecule has 4 rings (SSSR count). The van der Waals surface area contributed by atoms with Gasteiger partial charge in [-0.15, -0.1) is 0 Å². The molecule has 3 aromatic rings. The quantitative estimate of drug-likeness (QED) is 0.476. The van der Waals surface area contributed by atoms with Crippen molar-refractivity contribution in [2.45, 2.75) is 38.6 Å². The van der Waals surface area contributed by atoms with E-state index in [1.165, 1.54) is 6.33 Å². The predicted octanol–water partition coefficient (Wildman–Crippen LogP) is 4.49. The number of pyridine rings is 1. The lowest BCUT2D eigenvalue weighted by Crippen LogP contribution is -2.40. The molecule has 0 radical (unpaired) electrons. The summed E-state index contributed by atoms with van der Waals surface area (Å²) in [6, 6.07) is 9.44. The van der Waals surface area contributed by atoms with Gasteiger partial charge in [0, 0.05) is 24.2 Å². The number of hydrogen-bond acceptors (Lipinski definition) is 7. The molecule has 0 N–H and O–H groups in total. The zero-order valence-corrected chi connectivity index (χ0v) is 15.6. The van der Waals surface area contributed by atoms with Crippen LogP contribution in [0.2, 0.25) is 0 Å². The topological polar surface area (TPSA) is 94.3 Å². The van der Waals surface area contributed by atoms with Crippen LogP contribution >= 0.6 is 0 Å². The lowest BCUT2D eigenvalue weighted by atomic mass is 10.00. The fourth-order valence-corrected chi connectivity index (χ4v) is 3.77. The Balaban J connectivity index is 1.78. The fraction of sp³-hybridized carbons (Fsp3) is 0.350. The third-order valence-corrected chi connectivity index (χ3v) is 5.12. The van der Waals surface area contributed by atoms with E-state index in [1.54, 1.807) is 12.3 Å². The zero-order chi connectivity index (χ0) is 19.5. The molecule has 8 heteroatoms. The van der Waals surface area contributed by atoms with E-state index in [0.717, 1.165) is 37.6 Å². The first-order valence-electron chi connectivity index (χ1n) is 9.46. The lowest BCUT2D eigenvalue weighted by molar-refractivity contribution is -0.385. The van der Waals surface area contributed by atoms with E-state index in [4.69, 9.17) is 4.74 Å². The molecule has 0 amide bonds. The summed E-state index contributed by atoms with van der Waals surface area (Å²) in [5, 5.41) is 12.8. The molecule has 0 bridgehead atoms. The molecule has 144 valence electrons. The Morgan fingerprint density at radius 3 is 2.89 bits per heavy atom. The Morgan fingerprint density at radius 1 is 1.21 bits per heavy atom. The first-order valence-corrected chi connectivity index (χ1v) is 9.46. The van der Waals surface area contributed by atoms with E-state index < -0.39 is 4.92 Å². The molecule has 8 nitrogen and oxygen atoms in total. The van der Waals surface area contributed by atoms with Crippen LogP contribution in [0.3, 0.4) is 0 Å². The minimum atomic E-state index is -0.454. The summed E-state index contributed by atoms with van der Waals surface area (Å²) in [5.41, 5.74) is 0.430. The van der Waals surface area contributed by atoms with Gasteiger partial charge in [-0.05, 0) is 37.8 Å². The van der Waals surface area contributed by atoms with Crippen LogP contribution < -0.4 is 9.64 Å². The molecular formula is C20H21N5O3. The van der Waals surface area contributed by atoms with Crippen molar-refractivity contribution < 1.29 is 9.66 Å². The SMILES string of the molecule is CCC1CCCCN1c1ncnc(Oc2cccc3cccnc23)c1[N+](=O)[O-]. The molecule has 1 aliphatic heterocycles. The number of nitrogens with zero attached hydrogens (tertiary/aromatic N) is 5. The maximum absolute atomic E-state index is 11.9. The van der Waals surface area contributed by atoms with E-state index in [9.17, 15) is 10.1 Å². The number of para-hydroxylation sites is 1. The van der Waals surface area contributed by atoms with E-state index in [1.807, 2.05) is 29.2 Å². The van der Waals surface area contributed by atoms with Crippen LogP contribution in [0.15, 0.2) is 42.9 Å². The highest BCUT2D eigenvalue weighted by Gasteiger charge is 2.33. The number of ether oxygens (including phenoxy) is 1. The number of rotatable bonds is 5. The number of nitro groups is 1. The third-order valence-electron chi connectivity index (χ3n) is 5.12. The van der Waals surface area contributed by atoms with Gasteiger partial charge >= 0.3 is 11.6 Å². The summed E-state index contributed by atoms with van der Waals surface area (Å²) in [6.45, 7) is 2.83. The van der Waals surface area contributed by atoms with Crippen molar-refractivity contribution >= 4 is 22.4 Å². The van der Waals surface area contributed by atoms with Crippen molar-refractivity contribution in [3.8, 4) is 11.6 Å². The summed E-state index contributed by atoms with van der Waals surface area (Å²) in [7, 11) is 0. The van der Waals surface area contributed by atoms with Crippen LogP contribution in [0.1, 0.15) is 32.6 Å². The molecule has 2 aromatic heterocycles. The molecule has 3 heterocycles. The van der Waals surface area contributed by atoms with Crippen molar-refractivity contribution in [3.63, 3.8) is 0 Å². The van der Waals surface area contributed by atoms with Gasteiger partial charge in [0.25, 0.3) is 0 Å². The summed E-state index contributed by atoms with van der Waals surface area (Å²) < 4.78 is 5.90. The highest BCUT2D eigenvalue weighted by atomic mass is 16.6. The predicted molar refractivity (Wildman–Crippen MR) is 106 cm³/mol. The maximum Gasteiger partial charge on any atom is 0.373 e. The second-order valence-electron chi connectivity index (χ2n) is 6.79. The molecule has 1 atom stereocenters. The zero-order valence-electron chi connectivity index (χ0n) is 15.6. The molecule has 1 aliphatic rings. The van der Waals surface area contributed by atoms with Crippen molar-refractivity contribution in [1.29, 1.82) is 0 Å². The number of fused-ring (bicyclic) bond motifs is 1. The number of benzene rings is 1. The number of anilines is 1. The van der Waals surface area contributed by atoms with Gasteiger partial charge < -0.3 is 9.64 Å². The van der Waals surface area contributed by atoms with Gasteiger partial charge in [0.2, 0.25) is 5.82 Å². The Hall–Kier alpha value is -3.29. The van der Waals surface area contributed by atoms with Crippen molar-refractivity contribution in [2.75, 3.05) is 11.4 Å². The first-order chi connectivity index (χ1) is 13.7. The smallest absolute Gasteiger partial charge is 0.373 e. The minimum absolute atomic E-state index is 0.0615. The second-order valence-corrected chi connectivity index (χ2v) is 6.79. The normalized spacial score (nSPS) is 16.9. The molecule has 1 saturated heterocycles. The van der Waals surface area contributed by atoms with Gasteiger partial charge in [-0.2, -0.15) is 4.98 Å². The monoisotopic (exact) mass is 379 g/mol. The molecule has 1 aromatic carbocycles. The van der Waals surface area contributed by atoms with Crippen LogP contribution in [0.5, 0.6) is 11.6 Å². The highest BCUT2D eigenvalue weighted by molar-refractivity contribution is 5.84. The number of hydrogen-bond donors (Lipinski definition) is 0. The Labute approximate surface area is 162 Å². The average molecular weight is 379 g/mol. The van der Waals surface area contributed by atoms with Crippen molar-refractivity contribution in [3.05, 3.63) is 53.0 Å². The lowest BCUT2D eigenvalue weighted by Gasteiger charge is -2.35. The molecule has 1 fully saturated rings. The van der Waals surface area contributed by atoms with Gasteiger partial charge in [-0.3, -0.25) is 15.1 Å². The van der Waals surface area contributed by atoms with Gasteiger partial charge in [0.15, 0.2) is 5.75 Å². The molecular weight excluding hydrogens is 358 g/mol. The van der Waals surface area contributed by atoms with Crippen LogP contribution in [-0.2, 0) is 0 Å². The van der Waals surface area contributed by atoms with Crippen LogP contribution in [0.25, 0.3) is 10.9 Å². The average Bonchev–Trinajstić information content (AvgIpc) is 2.73. The van der Waals surface area contributed by atoms with Gasteiger partial charge in [-0.1, -0.05) is 25.1 Å². The highest BCUT2D eigenvalue weighted by Crippen LogP contribution is 2.39. The van der Waals surface area contributed by atoms with Crippen LogP contribution in [0, 0.1) is 10.1 Å². The fourth-order valence-electron chi connectivity index (χ4n) is 3.77. The van der Waals surface area contributed by atoms with E-state index >= 15 is 0 Å². The summed E-state index contributed by atoms with van der Waals surface area (Å²) in [6.07, 6.45) is 7.01. The van der Waals surface area contributed by atoms with E-state index in [0.29, 0.717) is 17.1 Å². The Bertz CT molecular complexity index is 1000. The maximum atomic E-state index is 11.9. The third kappa shape index (κ3) is 3.33. The number of aromatic nitrogens is 3. The summed E-state index contributed by atoms with van der Waals surface area (Å²) in [4.78, 5) is 26.2. The summed E-state index contributed by atoms with van der Waals surface area (Å²) in [5.74, 6) is 0.694. The van der Waals surface area contributed by atoms with Gasteiger partial charge in [-0.25, -0.2) is 4.98 Å². The molecule has 0 spiro atoms. The van der Waals surface area contributed by atoms with Crippen molar-refractivity contribution in [1.82, 2.24) is 15.0 Å². The molecule has 28 heavy (non-hydrogen) atoms. The van der Waals surface area contributed by atoms with Crippen LogP contribution in [-0.4, -0.2) is 32.5 Å². The van der Waals surface area contributed by atoms with Gasteiger partial charge in [0.05, 0.1) is 4.92 Å². The Morgan fingerprint density at radius 2 is 2.07 bits per heavy atom. The van der Waals surface area contributed by atoms with Gasteiger partial charge in [0.1, 0.15) is 11.8 Å². The Kier molecular flexibility index (Phi) is 5.01. The van der Waals surface area contributed by atoms with Crippen LogP contribution in [0.4, 0.5) is 11.5 Å². The minimum Gasteiger partial charge on any atom is -0.431 e. The largest absolute Gasteiger partial charge is 0.431 e. The van der Waals surface area contributed by atoms with E-state index in [-0.39, 0.29) is 17.6 Å². The number of piperidine rings is 1.